The molecule has 0 radical (unpaired) electrons. The van der Waals surface area contributed by atoms with E-state index in [0.29, 0.717) is 12.6 Å². The molecule has 1 aromatic rings. The van der Waals surface area contributed by atoms with Crippen LogP contribution < -0.4 is 14.8 Å². The number of nitrogens with zero attached hydrogens (tertiary/aromatic N) is 1. The van der Waals surface area contributed by atoms with Gasteiger partial charge in [-0.1, -0.05) is 6.07 Å². The van der Waals surface area contributed by atoms with Crippen molar-refractivity contribution in [3.05, 3.63) is 23.8 Å². The summed E-state index contributed by atoms with van der Waals surface area (Å²) >= 11 is 0. The van der Waals surface area contributed by atoms with Gasteiger partial charge in [-0.3, -0.25) is 4.90 Å². The van der Waals surface area contributed by atoms with Crippen LogP contribution in [0.1, 0.15) is 19.4 Å². The van der Waals surface area contributed by atoms with Crippen LogP contribution in [-0.4, -0.2) is 44.3 Å². The maximum absolute atomic E-state index is 5.63. The topological polar surface area (TPSA) is 33.7 Å². The lowest BCUT2D eigenvalue weighted by Gasteiger charge is -2.34. The lowest BCUT2D eigenvalue weighted by Crippen LogP contribution is -2.49. The fraction of sp³-hybridized carbons (Fsp3) is 0.600. The van der Waals surface area contributed by atoms with Gasteiger partial charge in [-0.2, -0.15) is 0 Å². The molecule has 19 heavy (non-hydrogen) atoms. The van der Waals surface area contributed by atoms with Crippen LogP contribution in [0.5, 0.6) is 11.5 Å². The van der Waals surface area contributed by atoms with Gasteiger partial charge in [0.2, 0.25) is 0 Å². The zero-order valence-electron chi connectivity index (χ0n) is 12.1. The predicted molar refractivity (Wildman–Crippen MR) is 76.9 cm³/mol. The molecule has 1 atom stereocenters. The summed E-state index contributed by atoms with van der Waals surface area (Å²) in [4.78, 5) is 2.49. The van der Waals surface area contributed by atoms with E-state index in [-0.39, 0.29) is 0 Å². The Morgan fingerprint density at radius 3 is 2.89 bits per heavy atom. The van der Waals surface area contributed by atoms with E-state index in [0.717, 1.165) is 37.7 Å². The molecule has 0 amide bonds. The highest BCUT2D eigenvalue weighted by Gasteiger charge is 2.18. The molecular formula is C15H24N2O2. The Balaban J connectivity index is 2.09. The van der Waals surface area contributed by atoms with Crippen LogP contribution >= 0.6 is 0 Å². The lowest BCUT2D eigenvalue weighted by molar-refractivity contribution is 0.165. The quantitative estimate of drug-likeness (QED) is 0.880. The molecule has 0 bridgehead atoms. The summed E-state index contributed by atoms with van der Waals surface area (Å²) in [7, 11) is 1.68. The Morgan fingerprint density at radius 1 is 1.37 bits per heavy atom. The number of nitrogens with one attached hydrogen (secondary N) is 1. The van der Waals surface area contributed by atoms with Gasteiger partial charge in [0.15, 0.2) is 11.5 Å². The molecule has 0 saturated carbocycles. The molecule has 1 aliphatic heterocycles. The molecular weight excluding hydrogens is 240 g/mol. The van der Waals surface area contributed by atoms with E-state index in [1.807, 2.05) is 13.0 Å². The first-order valence-electron chi connectivity index (χ1n) is 6.99. The molecule has 1 N–H and O–H groups in total. The summed E-state index contributed by atoms with van der Waals surface area (Å²) < 4.78 is 10.9. The van der Waals surface area contributed by atoms with E-state index in [1.165, 1.54) is 5.56 Å². The highest BCUT2D eigenvalue weighted by Crippen LogP contribution is 2.28. The second-order valence-corrected chi connectivity index (χ2v) is 4.94. The van der Waals surface area contributed by atoms with Crippen molar-refractivity contribution in [1.29, 1.82) is 0 Å². The number of hydrogen-bond acceptors (Lipinski definition) is 4. The van der Waals surface area contributed by atoms with Crippen LogP contribution in [0.3, 0.4) is 0 Å². The van der Waals surface area contributed by atoms with Gasteiger partial charge in [-0.25, -0.2) is 0 Å². The average Bonchev–Trinajstić information content (AvgIpc) is 2.42. The monoisotopic (exact) mass is 264 g/mol. The normalized spacial score (nSPS) is 20.3. The minimum absolute atomic E-state index is 0.575. The molecule has 1 aromatic carbocycles. The number of ether oxygens (including phenoxy) is 2. The number of methoxy groups -OCH3 is 1. The van der Waals surface area contributed by atoms with E-state index < -0.39 is 0 Å². The number of hydrogen-bond donors (Lipinski definition) is 1. The van der Waals surface area contributed by atoms with Crippen LogP contribution in [0.15, 0.2) is 18.2 Å². The first kappa shape index (κ1) is 14.2. The fourth-order valence-corrected chi connectivity index (χ4v) is 2.44. The van der Waals surface area contributed by atoms with Gasteiger partial charge < -0.3 is 14.8 Å². The van der Waals surface area contributed by atoms with Crippen LogP contribution in [0.25, 0.3) is 0 Å². The Bertz CT molecular complexity index is 409. The smallest absolute Gasteiger partial charge is 0.161 e. The summed E-state index contributed by atoms with van der Waals surface area (Å²) in [6.07, 6.45) is 0. The molecule has 4 nitrogen and oxygen atoms in total. The molecule has 106 valence electrons. The van der Waals surface area contributed by atoms with Crippen molar-refractivity contribution in [3.63, 3.8) is 0 Å². The van der Waals surface area contributed by atoms with E-state index in [9.17, 15) is 0 Å². The van der Waals surface area contributed by atoms with Crippen LogP contribution in [-0.2, 0) is 6.54 Å². The standard InChI is InChI=1S/C15H24N2O2/c1-4-19-15-9-13(5-6-14(15)18-3)11-17-8-7-16-10-12(17)2/h5-6,9,12,16H,4,7-8,10-11H2,1-3H3/t12-/m0/s1. The van der Waals surface area contributed by atoms with Crippen molar-refractivity contribution in [2.24, 2.45) is 0 Å². The minimum Gasteiger partial charge on any atom is -0.493 e. The predicted octanol–water partition coefficient (Wildman–Crippen LogP) is 1.89. The van der Waals surface area contributed by atoms with E-state index in [2.05, 4.69) is 29.3 Å². The zero-order chi connectivity index (χ0) is 13.7. The van der Waals surface area contributed by atoms with Crippen molar-refractivity contribution < 1.29 is 9.47 Å². The highest BCUT2D eigenvalue weighted by molar-refractivity contribution is 5.43. The third kappa shape index (κ3) is 3.61. The average molecular weight is 264 g/mol. The van der Waals surface area contributed by atoms with Gasteiger partial charge >= 0.3 is 0 Å². The Hall–Kier alpha value is -1.26. The van der Waals surface area contributed by atoms with Gasteiger partial charge in [-0.05, 0) is 31.5 Å². The summed E-state index contributed by atoms with van der Waals surface area (Å²) in [5.41, 5.74) is 1.28. The van der Waals surface area contributed by atoms with Crippen molar-refractivity contribution in [2.75, 3.05) is 33.4 Å². The molecule has 1 aliphatic rings. The second-order valence-electron chi connectivity index (χ2n) is 4.94. The molecule has 0 spiro atoms. The molecule has 1 fully saturated rings. The van der Waals surface area contributed by atoms with Crippen LogP contribution in [0.2, 0.25) is 0 Å². The van der Waals surface area contributed by atoms with Gasteiger partial charge in [0.1, 0.15) is 0 Å². The minimum atomic E-state index is 0.575. The van der Waals surface area contributed by atoms with Gasteiger partial charge in [0, 0.05) is 32.2 Å². The third-order valence-corrected chi connectivity index (χ3v) is 3.55. The Labute approximate surface area is 115 Å². The zero-order valence-corrected chi connectivity index (χ0v) is 12.1. The van der Waals surface area contributed by atoms with E-state index in [1.54, 1.807) is 7.11 Å². The highest BCUT2D eigenvalue weighted by atomic mass is 16.5. The maximum atomic E-state index is 5.63. The van der Waals surface area contributed by atoms with Gasteiger partial charge in [0.05, 0.1) is 13.7 Å². The Morgan fingerprint density at radius 2 is 2.21 bits per heavy atom. The third-order valence-electron chi connectivity index (χ3n) is 3.55. The first-order chi connectivity index (χ1) is 9.24. The van der Waals surface area contributed by atoms with Crippen molar-refractivity contribution in [3.8, 4) is 11.5 Å². The second kappa shape index (κ2) is 6.78. The van der Waals surface area contributed by atoms with Gasteiger partial charge in [-0.15, -0.1) is 0 Å². The molecule has 0 aromatic heterocycles. The molecule has 1 heterocycles. The number of rotatable bonds is 5. The molecule has 0 unspecified atom stereocenters. The van der Waals surface area contributed by atoms with Gasteiger partial charge in [0.25, 0.3) is 0 Å². The first-order valence-corrected chi connectivity index (χ1v) is 6.99. The number of piperazine rings is 1. The molecule has 2 rings (SSSR count). The van der Waals surface area contributed by atoms with Crippen LogP contribution in [0.4, 0.5) is 0 Å². The summed E-state index contributed by atoms with van der Waals surface area (Å²) in [6, 6.07) is 6.78. The lowest BCUT2D eigenvalue weighted by atomic mass is 10.1. The van der Waals surface area contributed by atoms with E-state index >= 15 is 0 Å². The molecule has 0 aliphatic carbocycles. The summed E-state index contributed by atoms with van der Waals surface area (Å²) in [5, 5.41) is 3.41. The summed E-state index contributed by atoms with van der Waals surface area (Å²) in [5.74, 6) is 1.64. The van der Waals surface area contributed by atoms with Crippen molar-refractivity contribution >= 4 is 0 Å². The molecule has 1 saturated heterocycles. The molecule has 4 heteroatoms. The van der Waals surface area contributed by atoms with Crippen LogP contribution in [0, 0.1) is 0 Å². The largest absolute Gasteiger partial charge is 0.493 e. The van der Waals surface area contributed by atoms with E-state index in [4.69, 9.17) is 9.47 Å². The maximum Gasteiger partial charge on any atom is 0.161 e. The summed E-state index contributed by atoms with van der Waals surface area (Å²) in [6.45, 7) is 9.10. The Kier molecular flexibility index (Phi) is 5.05. The number of benzene rings is 1. The fourth-order valence-electron chi connectivity index (χ4n) is 2.44. The SMILES string of the molecule is CCOc1cc(CN2CCNC[C@@H]2C)ccc1OC. The van der Waals surface area contributed by atoms with Crippen molar-refractivity contribution in [2.45, 2.75) is 26.4 Å². The van der Waals surface area contributed by atoms with Crippen molar-refractivity contribution in [1.82, 2.24) is 10.2 Å².